The van der Waals surface area contributed by atoms with Crippen LogP contribution in [-0.4, -0.2) is 107 Å². The molecule has 0 aromatic heterocycles. The number of benzene rings is 2. The first kappa shape index (κ1) is 42.8. The number of rotatable bonds is 5. The fourth-order valence-corrected chi connectivity index (χ4v) is 4.28. The number of carbonyl (C=O) groups excluding carboxylic acids is 1. The van der Waals surface area contributed by atoms with E-state index < -0.39 is 11.2 Å². The molecule has 2 fully saturated rings. The van der Waals surface area contributed by atoms with Crippen molar-refractivity contribution in [3.63, 3.8) is 0 Å². The first-order valence-electron chi connectivity index (χ1n) is 15.0. The van der Waals surface area contributed by atoms with Gasteiger partial charge in [0, 0.05) is 52.4 Å². The van der Waals surface area contributed by atoms with Crippen molar-refractivity contribution in [2.45, 2.75) is 77.9 Å². The van der Waals surface area contributed by atoms with E-state index in [1.54, 1.807) is 41.5 Å². The van der Waals surface area contributed by atoms with Gasteiger partial charge < -0.3 is 15.9 Å². The van der Waals surface area contributed by atoms with E-state index in [1.165, 1.54) is 11.1 Å². The maximum Gasteiger partial charge on any atom is 1.00 e. The Hall–Kier alpha value is -1.20. The van der Waals surface area contributed by atoms with Crippen LogP contribution in [0.15, 0.2) is 60.7 Å². The van der Waals surface area contributed by atoms with Gasteiger partial charge in [-0.15, -0.1) is 5.60 Å². The minimum atomic E-state index is -0.750. The number of nitrogens with zero attached hydrogens (tertiary/aromatic N) is 5. The Morgan fingerprint density at radius 3 is 1.57 bits per heavy atom. The van der Waals surface area contributed by atoms with Crippen molar-refractivity contribution in [3.05, 3.63) is 71.8 Å². The van der Waals surface area contributed by atoms with E-state index in [-0.39, 0.29) is 69.4 Å². The van der Waals surface area contributed by atoms with Gasteiger partial charge in [-0.25, -0.2) is 0 Å². The summed E-state index contributed by atoms with van der Waals surface area (Å²) in [6.07, 6.45) is 0. The number of aliphatic hydroxyl groups is 1. The van der Waals surface area contributed by atoms with Crippen LogP contribution in [0.25, 0.3) is 0 Å². The van der Waals surface area contributed by atoms with Crippen molar-refractivity contribution in [1.82, 2.24) is 19.6 Å². The second-order valence-electron chi connectivity index (χ2n) is 13.2. The van der Waals surface area contributed by atoms with Crippen LogP contribution in [0.1, 0.15) is 52.7 Å². The molecule has 2 aromatic rings. The molecule has 1 amide bonds. The van der Waals surface area contributed by atoms with Gasteiger partial charge in [-0.05, 0) is 46.0 Å². The average molecular weight is 635 g/mol. The number of hydrogen-bond acceptors (Lipinski definition) is 8. The zero-order valence-electron chi connectivity index (χ0n) is 28.7. The molecular formula is C34H55KN6O3. The van der Waals surface area contributed by atoms with Gasteiger partial charge in [0.25, 0.3) is 0 Å². The van der Waals surface area contributed by atoms with Gasteiger partial charge in [-0.1, -0.05) is 81.4 Å². The van der Waals surface area contributed by atoms with E-state index in [1.807, 2.05) is 43.3 Å². The molecule has 0 radical (unpaired) electrons. The summed E-state index contributed by atoms with van der Waals surface area (Å²) in [5, 5.41) is 27.7. The molecule has 2 unspecified atom stereocenters. The van der Waals surface area contributed by atoms with Crippen LogP contribution in [0.3, 0.4) is 0 Å². The van der Waals surface area contributed by atoms with E-state index >= 15 is 0 Å². The molecule has 4 rings (SSSR count). The summed E-state index contributed by atoms with van der Waals surface area (Å²) in [5.41, 5.74) is 6.76. The molecule has 2 aromatic carbocycles. The topological polar surface area (TPSA) is 123 Å². The van der Waals surface area contributed by atoms with Gasteiger partial charge in [-0.3, -0.25) is 24.4 Å². The summed E-state index contributed by atoms with van der Waals surface area (Å²) in [7, 11) is 3.98. The van der Waals surface area contributed by atoms with Crippen LogP contribution in [0.4, 0.5) is 0 Å². The molecule has 3 N–H and O–H groups in total. The van der Waals surface area contributed by atoms with Crippen molar-refractivity contribution in [1.29, 1.82) is 5.26 Å². The van der Waals surface area contributed by atoms with Crippen LogP contribution >= 0.6 is 0 Å². The fourth-order valence-electron chi connectivity index (χ4n) is 4.28. The maximum atomic E-state index is 11.3. The van der Waals surface area contributed by atoms with Gasteiger partial charge >= 0.3 is 51.4 Å². The van der Waals surface area contributed by atoms with Gasteiger partial charge in [0.15, 0.2) is 0 Å². The molecule has 240 valence electrons. The molecule has 9 nitrogen and oxygen atoms in total. The van der Waals surface area contributed by atoms with E-state index in [4.69, 9.17) is 16.1 Å². The molecule has 44 heavy (non-hydrogen) atoms. The van der Waals surface area contributed by atoms with Gasteiger partial charge in [-0.2, -0.15) is 5.26 Å². The molecule has 0 saturated carbocycles. The molecular weight excluding hydrogens is 580 g/mol. The predicted molar refractivity (Wildman–Crippen MR) is 173 cm³/mol. The fraction of sp³-hybridized carbons (Fsp3) is 0.588. The normalized spacial score (nSPS) is 19.8. The quantitative estimate of drug-likeness (QED) is 0.424. The molecule has 0 aliphatic carbocycles. The minimum Gasteiger partial charge on any atom is -0.850 e. The van der Waals surface area contributed by atoms with E-state index in [2.05, 4.69) is 57.2 Å². The maximum absolute atomic E-state index is 11.3. The average Bonchev–Trinajstić information content (AvgIpc) is 2.90. The Balaban J connectivity index is 0.000000636. The van der Waals surface area contributed by atoms with Crippen LogP contribution in [-0.2, 0) is 17.9 Å². The molecule has 10 heteroatoms. The summed E-state index contributed by atoms with van der Waals surface area (Å²) < 4.78 is 0. The summed E-state index contributed by atoms with van der Waals surface area (Å²) in [4.78, 5) is 20.1. The Morgan fingerprint density at radius 2 is 1.20 bits per heavy atom. The van der Waals surface area contributed by atoms with Crippen molar-refractivity contribution < 1.29 is 66.4 Å². The van der Waals surface area contributed by atoms with Crippen molar-refractivity contribution >= 4 is 5.91 Å². The molecule has 0 spiro atoms. The SMILES string of the molecule is CC(C)(C)O.CC(C)(C)[O-].CN1CCN(Cc2ccccc2)CC1C#N.CN1CCN(Cc2ccccc2)CC1C(N)=O.[K+]. The zero-order chi connectivity index (χ0) is 32.6. The second kappa shape index (κ2) is 21.6. The number of nitrogens with two attached hydrogens (primary N) is 1. The van der Waals surface area contributed by atoms with Gasteiger partial charge in [0.05, 0.1) is 11.7 Å². The molecule has 2 aliphatic rings. The number of primary amides is 1. The number of hydrogen-bond donors (Lipinski definition) is 2. The Kier molecular flexibility index (Phi) is 21.0. The van der Waals surface area contributed by atoms with Crippen molar-refractivity contribution in [2.75, 3.05) is 53.4 Å². The van der Waals surface area contributed by atoms with Gasteiger partial charge in [0.1, 0.15) is 12.1 Å². The van der Waals surface area contributed by atoms with E-state index in [0.717, 1.165) is 52.4 Å². The monoisotopic (exact) mass is 634 g/mol. The Labute approximate surface area is 309 Å². The number of nitriles is 1. The number of carbonyl (C=O) groups is 1. The summed E-state index contributed by atoms with van der Waals surface area (Å²) in [5.74, 6) is -0.231. The first-order valence-corrected chi connectivity index (χ1v) is 15.0. The molecule has 2 heterocycles. The summed E-state index contributed by atoms with van der Waals surface area (Å²) >= 11 is 0. The zero-order valence-corrected chi connectivity index (χ0v) is 31.8. The largest absolute Gasteiger partial charge is 1.00 e. The minimum absolute atomic E-state index is 0. The number of likely N-dealkylation sites (N-methyl/N-ethyl adjacent to an activating group) is 2. The van der Waals surface area contributed by atoms with Crippen molar-refractivity contribution in [3.8, 4) is 6.07 Å². The number of piperazine rings is 2. The Bertz CT molecular complexity index is 1060. The smallest absolute Gasteiger partial charge is 0.850 e. The van der Waals surface area contributed by atoms with Crippen LogP contribution in [0.5, 0.6) is 0 Å². The van der Waals surface area contributed by atoms with Crippen molar-refractivity contribution in [2.24, 2.45) is 5.73 Å². The molecule has 2 saturated heterocycles. The summed E-state index contributed by atoms with van der Waals surface area (Å²) in [6.45, 7) is 17.4. The third-order valence-electron chi connectivity index (χ3n) is 6.44. The third kappa shape index (κ3) is 21.5. The first-order chi connectivity index (χ1) is 20.0. The van der Waals surface area contributed by atoms with Crippen LogP contribution in [0, 0.1) is 11.3 Å². The molecule has 0 bridgehead atoms. The van der Waals surface area contributed by atoms with E-state index in [9.17, 15) is 9.90 Å². The number of amides is 1. The van der Waals surface area contributed by atoms with Gasteiger partial charge in [0.2, 0.25) is 5.91 Å². The molecule has 2 aliphatic heterocycles. The Morgan fingerprint density at radius 1 is 0.841 bits per heavy atom. The van der Waals surface area contributed by atoms with Crippen LogP contribution < -0.4 is 62.2 Å². The molecule has 2 atom stereocenters. The van der Waals surface area contributed by atoms with Crippen LogP contribution in [0.2, 0.25) is 0 Å². The predicted octanol–water partition coefficient (Wildman–Crippen LogP) is -0.460. The summed E-state index contributed by atoms with van der Waals surface area (Å²) in [6, 6.07) is 23.0. The standard InChI is InChI=1S/C13H19N3O.C13H17N3.C4H10O.C4H9O.K/c1-15-7-8-16(10-12(15)13(14)17)9-11-5-3-2-4-6-11;1-15-7-8-16(11-13(15)9-14)10-12-5-3-2-4-6-12;2*1-4(2,3)5;/h2-6,12H,7-10H2,1H3,(H2,14,17);2-6,13H,7-8,10-11H2,1H3;5H,1-3H3;1-3H3;/q;;;-1;+1. The van der Waals surface area contributed by atoms with E-state index in [0.29, 0.717) is 0 Å². The second-order valence-corrected chi connectivity index (χ2v) is 13.2. The third-order valence-corrected chi connectivity index (χ3v) is 6.44.